The van der Waals surface area contributed by atoms with E-state index >= 15 is 0 Å². The van der Waals surface area contributed by atoms with E-state index in [1.807, 2.05) is 12.1 Å². The van der Waals surface area contributed by atoms with Crippen molar-refractivity contribution in [2.45, 2.75) is 64.6 Å². The molecule has 1 saturated carbocycles. The minimum absolute atomic E-state index is 0.0908. The van der Waals surface area contributed by atoms with Crippen molar-refractivity contribution in [3.8, 4) is 5.75 Å². The van der Waals surface area contributed by atoms with E-state index in [9.17, 15) is 4.79 Å². The average molecular weight is 341 g/mol. The van der Waals surface area contributed by atoms with Gasteiger partial charge in [-0.25, -0.2) is 4.68 Å². The Balaban J connectivity index is 1.51. The molecule has 1 aliphatic rings. The monoisotopic (exact) mass is 341 g/mol. The lowest BCUT2D eigenvalue weighted by atomic mass is 9.95. The Hall–Kier alpha value is -2.30. The molecule has 1 aromatic carbocycles. The van der Waals surface area contributed by atoms with Crippen LogP contribution in [0.15, 0.2) is 36.5 Å². The maximum Gasteiger partial charge on any atom is 0.271 e. The van der Waals surface area contributed by atoms with Crippen LogP contribution in [0.4, 0.5) is 0 Å². The summed E-state index contributed by atoms with van der Waals surface area (Å²) in [5.41, 5.74) is 1.73. The number of amides is 1. The van der Waals surface area contributed by atoms with Gasteiger partial charge in [0.05, 0.1) is 0 Å². The molecule has 0 atom stereocenters. The molecule has 1 aliphatic carbocycles. The number of nitrogens with zero attached hydrogens (tertiary/aromatic N) is 2. The zero-order valence-corrected chi connectivity index (χ0v) is 15.1. The summed E-state index contributed by atoms with van der Waals surface area (Å²) in [5.74, 6) is 1.21. The summed E-state index contributed by atoms with van der Waals surface area (Å²) in [4.78, 5) is 12.3. The molecule has 5 heteroatoms. The third-order valence-corrected chi connectivity index (χ3v) is 4.72. The summed E-state index contributed by atoms with van der Waals surface area (Å²) < 4.78 is 7.38. The van der Waals surface area contributed by atoms with Crippen molar-refractivity contribution in [1.82, 2.24) is 15.1 Å². The van der Waals surface area contributed by atoms with Gasteiger partial charge in [-0.1, -0.05) is 45.2 Å². The molecular weight excluding hydrogens is 314 g/mol. The molecular formula is C20H27N3O2. The van der Waals surface area contributed by atoms with Crippen LogP contribution in [0.25, 0.3) is 0 Å². The molecule has 1 heterocycles. The highest BCUT2D eigenvalue weighted by Crippen LogP contribution is 2.19. The maximum absolute atomic E-state index is 12.3. The van der Waals surface area contributed by atoms with Gasteiger partial charge in [0.1, 0.15) is 11.4 Å². The van der Waals surface area contributed by atoms with Gasteiger partial charge >= 0.3 is 0 Å². The molecule has 5 nitrogen and oxygen atoms in total. The van der Waals surface area contributed by atoms with E-state index in [1.165, 1.54) is 24.8 Å². The molecule has 1 aromatic heterocycles. The molecule has 25 heavy (non-hydrogen) atoms. The summed E-state index contributed by atoms with van der Waals surface area (Å²) >= 11 is 0. The number of ether oxygens (including phenoxy) is 1. The van der Waals surface area contributed by atoms with Crippen molar-refractivity contribution < 1.29 is 9.53 Å². The van der Waals surface area contributed by atoms with Crippen molar-refractivity contribution in [3.63, 3.8) is 0 Å². The third-order valence-electron chi connectivity index (χ3n) is 4.72. The number of nitrogens with one attached hydrogen (secondary N) is 1. The normalized spacial score (nSPS) is 15.3. The highest BCUT2D eigenvalue weighted by Gasteiger charge is 2.18. The summed E-state index contributed by atoms with van der Waals surface area (Å²) in [7, 11) is 0. The van der Waals surface area contributed by atoms with Crippen molar-refractivity contribution in [2.24, 2.45) is 0 Å². The van der Waals surface area contributed by atoms with Crippen LogP contribution in [-0.2, 0) is 6.73 Å². The number of rotatable bonds is 6. The molecule has 0 bridgehead atoms. The van der Waals surface area contributed by atoms with E-state index < -0.39 is 0 Å². The first-order chi connectivity index (χ1) is 12.1. The first-order valence-electron chi connectivity index (χ1n) is 9.19. The molecule has 0 unspecified atom stereocenters. The first kappa shape index (κ1) is 17.5. The Kier molecular flexibility index (Phi) is 5.74. The molecule has 0 saturated heterocycles. The lowest BCUT2D eigenvalue weighted by Gasteiger charge is -2.22. The van der Waals surface area contributed by atoms with Crippen LogP contribution < -0.4 is 10.1 Å². The fourth-order valence-corrected chi connectivity index (χ4v) is 3.15. The minimum atomic E-state index is -0.0908. The highest BCUT2D eigenvalue weighted by atomic mass is 16.5. The Bertz CT molecular complexity index is 685. The Morgan fingerprint density at radius 1 is 1.20 bits per heavy atom. The molecule has 1 fully saturated rings. The number of carbonyl (C=O) groups excluding carboxylic acids is 1. The van der Waals surface area contributed by atoms with E-state index in [0.717, 1.165) is 18.6 Å². The van der Waals surface area contributed by atoms with Crippen molar-refractivity contribution in [1.29, 1.82) is 0 Å². The van der Waals surface area contributed by atoms with Crippen molar-refractivity contribution in [2.75, 3.05) is 0 Å². The largest absolute Gasteiger partial charge is 0.471 e. The quantitative estimate of drug-likeness (QED) is 0.860. The standard InChI is InChI=1S/C20H27N3O2/c1-15(2)16-8-10-18(11-9-16)25-14-23-13-12-19(22-23)20(24)21-17-6-4-3-5-7-17/h8-13,15,17H,3-7,14H2,1-2H3,(H,21,24). The van der Waals surface area contributed by atoms with Gasteiger partial charge in [-0.05, 0) is 42.5 Å². The van der Waals surface area contributed by atoms with Gasteiger partial charge in [-0.3, -0.25) is 4.79 Å². The molecule has 1 N–H and O–H groups in total. The lowest BCUT2D eigenvalue weighted by Crippen LogP contribution is -2.36. The molecule has 0 spiro atoms. The summed E-state index contributed by atoms with van der Waals surface area (Å²) in [6.45, 7) is 4.62. The smallest absolute Gasteiger partial charge is 0.271 e. The number of hydrogen-bond donors (Lipinski definition) is 1. The second-order valence-electron chi connectivity index (χ2n) is 7.05. The molecule has 0 radical (unpaired) electrons. The Labute approximate surface area is 149 Å². The predicted molar refractivity (Wildman–Crippen MR) is 97.7 cm³/mol. The first-order valence-corrected chi connectivity index (χ1v) is 9.19. The second kappa shape index (κ2) is 8.19. The molecule has 134 valence electrons. The van der Waals surface area contributed by atoms with Crippen LogP contribution in [0.5, 0.6) is 5.75 Å². The maximum atomic E-state index is 12.3. The van der Waals surface area contributed by atoms with Crippen LogP contribution in [0.1, 0.15) is 67.9 Å². The SMILES string of the molecule is CC(C)c1ccc(OCn2ccc(C(=O)NC3CCCCC3)n2)cc1. The van der Waals surface area contributed by atoms with Crippen LogP contribution in [-0.4, -0.2) is 21.7 Å². The van der Waals surface area contributed by atoms with E-state index in [0.29, 0.717) is 17.7 Å². The molecule has 1 amide bonds. The van der Waals surface area contributed by atoms with E-state index in [2.05, 4.69) is 36.4 Å². The van der Waals surface area contributed by atoms with Gasteiger partial charge in [0.15, 0.2) is 6.73 Å². The number of aromatic nitrogens is 2. The van der Waals surface area contributed by atoms with Gasteiger partial charge in [0.25, 0.3) is 5.91 Å². The van der Waals surface area contributed by atoms with Gasteiger partial charge in [-0.15, -0.1) is 0 Å². The van der Waals surface area contributed by atoms with Crippen molar-refractivity contribution in [3.05, 3.63) is 47.8 Å². The third kappa shape index (κ3) is 4.84. The van der Waals surface area contributed by atoms with Crippen LogP contribution in [0, 0.1) is 0 Å². The molecule has 2 aromatic rings. The van der Waals surface area contributed by atoms with Gasteiger partial charge in [0.2, 0.25) is 0 Å². The van der Waals surface area contributed by atoms with E-state index in [4.69, 9.17) is 4.74 Å². The number of hydrogen-bond acceptors (Lipinski definition) is 3. The zero-order valence-electron chi connectivity index (χ0n) is 15.1. The van der Waals surface area contributed by atoms with Gasteiger partial charge < -0.3 is 10.1 Å². The summed E-state index contributed by atoms with van der Waals surface area (Å²) in [6, 6.07) is 10.1. The zero-order chi connectivity index (χ0) is 17.6. The van der Waals surface area contributed by atoms with Crippen LogP contribution >= 0.6 is 0 Å². The van der Waals surface area contributed by atoms with Gasteiger partial charge in [0, 0.05) is 12.2 Å². The fraction of sp³-hybridized carbons (Fsp3) is 0.500. The summed E-state index contributed by atoms with van der Waals surface area (Å²) in [5, 5.41) is 7.40. The number of carbonyl (C=O) groups is 1. The second-order valence-corrected chi connectivity index (χ2v) is 7.05. The Morgan fingerprint density at radius 2 is 1.92 bits per heavy atom. The predicted octanol–water partition coefficient (Wildman–Crippen LogP) is 4.11. The van der Waals surface area contributed by atoms with E-state index in [-0.39, 0.29) is 12.6 Å². The van der Waals surface area contributed by atoms with E-state index in [1.54, 1.807) is 16.9 Å². The highest BCUT2D eigenvalue weighted by molar-refractivity contribution is 5.92. The topological polar surface area (TPSA) is 56.1 Å². The minimum Gasteiger partial charge on any atom is -0.471 e. The van der Waals surface area contributed by atoms with Crippen LogP contribution in [0.2, 0.25) is 0 Å². The lowest BCUT2D eigenvalue weighted by molar-refractivity contribution is 0.0920. The summed E-state index contributed by atoms with van der Waals surface area (Å²) in [6.07, 6.45) is 7.59. The molecule has 0 aliphatic heterocycles. The fourth-order valence-electron chi connectivity index (χ4n) is 3.15. The van der Waals surface area contributed by atoms with Crippen LogP contribution in [0.3, 0.4) is 0 Å². The van der Waals surface area contributed by atoms with Crippen molar-refractivity contribution >= 4 is 5.91 Å². The Morgan fingerprint density at radius 3 is 2.60 bits per heavy atom. The molecule has 3 rings (SSSR count). The number of benzene rings is 1. The van der Waals surface area contributed by atoms with Gasteiger partial charge in [-0.2, -0.15) is 5.10 Å². The average Bonchev–Trinajstić information content (AvgIpc) is 3.10.